The lowest BCUT2D eigenvalue weighted by Crippen LogP contribution is -2.54. The van der Waals surface area contributed by atoms with Crippen molar-refractivity contribution < 1.29 is 71.5 Å². The van der Waals surface area contributed by atoms with Crippen LogP contribution in [0, 0.1) is 0 Å². The van der Waals surface area contributed by atoms with E-state index < -0.39 is 45.7 Å². The number of halogens is 3. The summed E-state index contributed by atoms with van der Waals surface area (Å²) in [6.07, 6.45) is 2.12. The summed E-state index contributed by atoms with van der Waals surface area (Å²) < 4.78 is 41.7. The summed E-state index contributed by atoms with van der Waals surface area (Å²) in [5.41, 5.74) is 0.197. The van der Waals surface area contributed by atoms with Gasteiger partial charge >= 0.3 is 6.09 Å². The molecule has 2 atom stereocenters. The minimum Gasteiger partial charge on any atom is -0.493 e. The molecule has 3 heterocycles. The minimum atomic E-state index is -1.92. The topological polar surface area (TPSA) is 282 Å². The van der Waals surface area contributed by atoms with E-state index in [0.29, 0.717) is 85.5 Å². The minimum absolute atomic E-state index is 0.00748. The van der Waals surface area contributed by atoms with Crippen LogP contribution in [0.2, 0.25) is 0 Å². The highest BCUT2D eigenvalue weighted by atomic mass is 35.6. The Kier molecular flexibility index (Phi) is 25.5. The molecule has 2 unspecified atom stereocenters. The second-order valence-electron chi connectivity index (χ2n) is 14.5. The number of ether oxygens (including phenoxy) is 8. The Morgan fingerprint density at radius 1 is 0.706 bits per heavy atom. The predicted molar refractivity (Wildman–Crippen MR) is 242 cm³/mol. The van der Waals surface area contributed by atoms with Crippen LogP contribution in [0.3, 0.4) is 0 Å². The number of imide groups is 2. The number of anilines is 1. The van der Waals surface area contributed by atoms with Crippen molar-refractivity contribution in [3.63, 3.8) is 0 Å². The molecule has 7 amide bonds. The van der Waals surface area contributed by atoms with Crippen LogP contribution in [-0.2, 0) is 52.3 Å². The molecule has 0 spiro atoms. The SMILES string of the molecule is O=C(CCOCCOCCOCCOCCOCCOCCC(=O)NCCCOc1cccc2c1C(=O)N(C1CCC(=O)NC1=O)C2=O)NCCCOC(=O)NC(Nc1ncccn1)C(Cl)(Cl)Cl. The zero-order valence-corrected chi connectivity index (χ0v) is 39.5. The van der Waals surface area contributed by atoms with E-state index in [-0.39, 0.29) is 93.3 Å². The van der Waals surface area contributed by atoms with Gasteiger partial charge in [0, 0.05) is 44.7 Å². The molecule has 5 N–H and O–H groups in total. The Bertz CT molecular complexity index is 1940. The Labute approximate surface area is 407 Å². The van der Waals surface area contributed by atoms with Gasteiger partial charge in [-0.25, -0.2) is 14.8 Å². The van der Waals surface area contributed by atoms with Crippen LogP contribution in [0.25, 0.3) is 0 Å². The highest BCUT2D eigenvalue weighted by Gasteiger charge is 2.46. The van der Waals surface area contributed by atoms with Crippen LogP contribution in [0.4, 0.5) is 10.7 Å². The quantitative estimate of drug-likeness (QED) is 0.0289. The number of carbonyl (C=O) groups is 7. The monoisotopic (exact) mass is 1020 g/mol. The van der Waals surface area contributed by atoms with Gasteiger partial charge in [-0.1, -0.05) is 40.9 Å². The van der Waals surface area contributed by atoms with Gasteiger partial charge in [0.1, 0.15) is 11.8 Å². The number of benzene rings is 1. The average molecular weight is 1020 g/mol. The first-order valence-corrected chi connectivity index (χ1v) is 23.0. The fraction of sp³-hybridized carbons (Fsp3) is 0.595. The van der Waals surface area contributed by atoms with Crippen LogP contribution < -0.4 is 31.3 Å². The van der Waals surface area contributed by atoms with Crippen molar-refractivity contribution in [3.05, 3.63) is 47.8 Å². The maximum Gasteiger partial charge on any atom is 0.408 e. The van der Waals surface area contributed by atoms with E-state index in [0.717, 1.165) is 4.90 Å². The molecule has 26 heteroatoms. The molecule has 2 aliphatic heterocycles. The Morgan fingerprint density at radius 3 is 1.76 bits per heavy atom. The van der Waals surface area contributed by atoms with Crippen LogP contribution >= 0.6 is 34.8 Å². The Hall–Kier alpha value is -4.98. The third-order valence-corrected chi connectivity index (χ3v) is 10.1. The number of fused-ring (bicyclic) bond motifs is 1. The third-order valence-electron chi connectivity index (χ3n) is 9.44. The van der Waals surface area contributed by atoms with Gasteiger partial charge in [-0.05, 0) is 37.5 Å². The zero-order chi connectivity index (χ0) is 49.0. The van der Waals surface area contributed by atoms with Crippen molar-refractivity contribution in [1.29, 1.82) is 0 Å². The van der Waals surface area contributed by atoms with Crippen molar-refractivity contribution >= 4 is 82.3 Å². The van der Waals surface area contributed by atoms with Crippen molar-refractivity contribution in [3.8, 4) is 5.75 Å². The van der Waals surface area contributed by atoms with Crippen molar-refractivity contribution in [2.24, 2.45) is 0 Å². The summed E-state index contributed by atoms with van der Waals surface area (Å²) in [7, 11) is 0. The third kappa shape index (κ3) is 20.7. The largest absolute Gasteiger partial charge is 0.493 e. The fourth-order valence-corrected chi connectivity index (χ4v) is 6.45. The number of amides is 7. The molecule has 4 rings (SSSR count). The smallest absolute Gasteiger partial charge is 0.408 e. The molecule has 0 bridgehead atoms. The molecule has 0 aliphatic carbocycles. The number of carbonyl (C=O) groups excluding carboxylic acids is 7. The number of aromatic nitrogens is 2. The number of hydrogen-bond acceptors (Lipinski definition) is 18. The maximum atomic E-state index is 13.2. The van der Waals surface area contributed by atoms with E-state index in [1.54, 1.807) is 18.2 Å². The van der Waals surface area contributed by atoms with Crippen molar-refractivity contribution in [2.45, 2.75) is 54.5 Å². The van der Waals surface area contributed by atoms with Gasteiger partial charge in [0.2, 0.25) is 33.4 Å². The lowest BCUT2D eigenvalue weighted by molar-refractivity contribution is -0.136. The van der Waals surface area contributed by atoms with Gasteiger partial charge in [-0.15, -0.1) is 0 Å². The first-order chi connectivity index (χ1) is 32.8. The summed E-state index contributed by atoms with van der Waals surface area (Å²) in [4.78, 5) is 95.1. The van der Waals surface area contributed by atoms with Crippen LogP contribution in [0.5, 0.6) is 5.75 Å². The number of nitrogens with zero attached hydrogens (tertiary/aromatic N) is 3. The molecular weight excluding hydrogens is 963 g/mol. The number of alkyl halides is 3. The number of hydrogen-bond donors (Lipinski definition) is 5. The Morgan fingerprint density at radius 2 is 1.24 bits per heavy atom. The Balaban J connectivity index is 0.851. The van der Waals surface area contributed by atoms with Crippen LogP contribution in [-0.4, -0.2) is 178 Å². The van der Waals surface area contributed by atoms with Crippen LogP contribution in [0.15, 0.2) is 36.7 Å². The van der Waals surface area contributed by atoms with Gasteiger partial charge in [-0.2, -0.15) is 0 Å². The van der Waals surface area contributed by atoms with Gasteiger partial charge in [0.05, 0.1) is 104 Å². The molecule has 0 saturated carbocycles. The molecule has 1 fully saturated rings. The van der Waals surface area contributed by atoms with Crippen molar-refractivity contribution in [2.75, 3.05) is 111 Å². The molecule has 376 valence electrons. The van der Waals surface area contributed by atoms with Crippen molar-refractivity contribution in [1.82, 2.24) is 36.1 Å². The molecule has 2 aromatic rings. The zero-order valence-electron chi connectivity index (χ0n) is 37.3. The maximum absolute atomic E-state index is 13.2. The fourth-order valence-electron chi connectivity index (χ4n) is 6.12. The molecule has 1 saturated heterocycles. The van der Waals surface area contributed by atoms with Gasteiger partial charge < -0.3 is 53.8 Å². The number of nitrogens with one attached hydrogen (secondary N) is 5. The molecule has 1 aromatic heterocycles. The first-order valence-electron chi connectivity index (χ1n) is 21.9. The van der Waals surface area contributed by atoms with E-state index in [9.17, 15) is 33.6 Å². The summed E-state index contributed by atoms with van der Waals surface area (Å²) >= 11 is 17.8. The van der Waals surface area contributed by atoms with Gasteiger partial charge in [0.25, 0.3) is 11.8 Å². The molecule has 0 radical (unpaired) electrons. The summed E-state index contributed by atoms with van der Waals surface area (Å²) in [6.45, 7) is 4.76. The van der Waals surface area contributed by atoms with Gasteiger partial charge in [-0.3, -0.25) is 44.3 Å². The number of rotatable bonds is 34. The highest BCUT2D eigenvalue weighted by Crippen LogP contribution is 2.34. The van der Waals surface area contributed by atoms with E-state index in [1.165, 1.54) is 18.5 Å². The molecule has 1 aromatic carbocycles. The lowest BCUT2D eigenvalue weighted by atomic mass is 10.0. The van der Waals surface area contributed by atoms with Gasteiger partial charge in [0.15, 0.2) is 6.17 Å². The van der Waals surface area contributed by atoms with E-state index >= 15 is 0 Å². The molecule has 2 aliphatic rings. The number of piperidine rings is 1. The predicted octanol–water partition coefficient (Wildman–Crippen LogP) is 1.68. The molecule has 23 nitrogen and oxygen atoms in total. The lowest BCUT2D eigenvalue weighted by Gasteiger charge is -2.27. The summed E-state index contributed by atoms with van der Waals surface area (Å²) in [5.74, 6) is -2.49. The molecular formula is C42H57Cl3N8O15. The summed E-state index contributed by atoms with van der Waals surface area (Å²) in [6, 6.07) is 5.17. The van der Waals surface area contributed by atoms with E-state index in [2.05, 4.69) is 36.6 Å². The van der Waals surface area contributed by atoms with Crippen LogP contribution in [0.1, 0.15) is 59.2 Å². The standard InChI is InChI=1S/C42H57Cl3N8O15/c43-42(44,45)39(51-40-48-11-2-12-49-40)52-41(60)68-16-4-14-47-33(55)10-18-62-20-22-64-24-26-66-28-27-65-25-23-63-21-19-61-17-9-32(54)46-13-3-15-67-31-6-1-5-29-35(31)38(59)53(37(29)58)30-7-8-34(56)50-36(30)57/h1-2,5-6,11-12,30,39H,3-4,7-10,13-28H2,(H,46,54)(H,47,55)(H,52,60)(H,48,49,51)(H,50,56,57). The second-order valence-corrected chi connectivity index (χ2v) is 16.9. The number of alkyl carbamates (subject to hydrolysis) is 1. The van der Waals surface area contributed by atoms with E-state index in [4.69, 9.17) is 72.7 Å². The molecule has 68 heavy (non-hydrogen) atoms. The first kappa shape index (κ1) is 55.6. The average Bonchev–Trinajstić information content (AvgIpc) is 3.56. The normalized spacial score (nSPS) is 15.1. The van der Waals surface area contributed by atoms with E-state index in [1.807, 2.05) is 0 Å². The second kappa shape index (κ2) is 31.2. The summed E-state index contributed by atoms with van der Waals surface area (Å²) in [5, 5.41) is 12.7. The highest BCUT2D eigenvalue weighted by molar-refractivity contribution is 6.68.